The van der Waals surface area contributed by atoms with Gasteiger partial charge in [-0.3, -0.25) is 0 Å². The molecule has 12 heavy (non-hydrogen) atoms. The molecule has 0 amide bonds. The molecule has 0 saturated carbocycles. The molecule has 0 heterocycles. The third-order valence-corrected chi connectivity index (χ3v) is 3.42. The lowest BCUT2D eigenvalue weighted by Gasteiger charge is -2.22. The third kappa shape index (κ3) is 4.93. The Labute approximate surface area is 82.8 Å². The largest absolute Gasteiger partial charge is 0.459 e. The summed E-state index contributed by atoms with van der Waals surface area (Å²) >= 11 is 3.01. The molecule has 0 fully saturated rings. The molecule has 0 aromatic heterocycles. The quantitative estimate of drug-likeness (QED) is 0.525. The van der Waals surface area contributed by atoms with Crippen molar-refractivity contribution in [2.24, 2.45) is 0 Å². The van der Waals surface area contributed by atoms with Crippen molar-refractivity contribution in [3.8, 4) is 0 Å². The number of hydrogen-bond donors (Lipinski definition) is 0. The van der Waals surface area contributed by atoms with Gasteiger partial charge < -0.3 is 4.74 Å². The topological polar surface area (TPSA) is 26.3 Å². The molecule has 0 rings (SSSR count). The van der Waals surface area contributed by atoms with Crippen molar-refractivity contribution in [1.29, 1.82) is 0 Å². The summed E-state index contributed by atoms with van der Waals surface area (Å²) in [6, 6.07) is 0. The molecule has 0 N–H and O–H groups in total. The molecule has 2 nitrogen and oxygen atoms in total. The molecule has 0 spiro atoms. The maximum atomic E-state index is 11.4. The standard InChI is InChI=1S/C8H16O2S2/c1-8(2,3)10-6(9)7(11-4)12-5/h7H,1-5H3. The zero-order chi connectivity index (χ0) is 9.78. The van der Waals surface area contributed by atoms with Gasteiger partial charge in [0.1, 0.15) is 10.2 Å². The maximum Gasteiger partial charge on any atom is 0.329 e. The molecule has 0 radical (unpaired) electrons. The normalized spacial score (nSPS) is 11.8. The minimum atomic E-state index is -0.374. The van der Waals surface area contributed by atoms with Gasteiger partial charge in [0.25, 0.3) is 0 Å². The Hall–Kier alpha value is 0.170. The average Bonchev–Trinajstić information content (AvgIpc) is 1.85. The molecule has 4 heteroatoms. The maximum absolute atomic E-state index is 11.4. The van der Waals surface area contributed by atoms with Crippen LogP contribution >= 0.6 is 23.5 Å². The number of thioether (sulfide) groups is 2. The summed E-state index contributed by atoms with van der Waals surface area (Å²) in [6.45, 7) is 5.63. The second-order valence-corrected chi connectivity index (χ2v) is 5.52. The first-order valence-corrected chi connectivity index (χ1v) is 6.26. The lowest BCUT2D eigenvalue weighted by atomic mass is 10.2. The molecule has 0 aromatic rings. The molecule has 0 unspecified atom stereocenters. The highest BCUT2D eigenvalue weighted by molar-refractivity contribution is 8.17. The lowest BCUT2D eigenvalue weighted by Crippen LogP contribution is -2.28. The molecule has 0 bridgehead atoms. The van der Waals surface area contributed by atoms with E-state index in [0.717, 1.165) is 0 Å². The van der Waals surface area contributed by atoms with Gasteiger partial charge in [0.15, 0.2) is 0 Å². The van der Waals surface area contributed by atoms with Gasteiger partial charge in [-0.2, -0.15) is 0 Å². The predicted octanol–water partition coefficient (Wildman–Crippen LogP) is 2.38. The number of rotatable bonds is 3. The van der Waals surface area contributed by atoms with E-state index < -0.39 is 0 Å². The van der Waals surface area contributed by atoms with Gasteiger partial charge in [-0.25, -0.2) is 4.79 Å². The molecule has 0 aliphatic rings. The van der Waals surface area contributed by atoms with E-state index in [2.05, 4.69) is 0 Å². The van der Waals surface area contributed by atoms with Crippen LogP contribution in [0.3, 0.4) is 0 Å². The Morgan fingerprint density at radius 1 is 1.25 bits per heavy atom. The van der Waals surface area contributed by atoms with E-state index in [1.807, 2.05) is 33.3 Å². The number of ether oxygens (including phenoxy) is 1. The molecule has 72 valence electrons. The van der Waals surface area contributed by atoms with Crippen molar-refractivity contribution in [3.63, 3.8) is 0 Å². The summed E-state index contributed by atoms with van der Waals surface area (Å²) in [5.74, 6) is -0.137. The Kier molecular flexibility index (Phi) is 5.09. The third-order valence-electron chi connectivity index (χ3n) is 1.03. The first-order chi connectivity index (χ1) is 5.40. The van der Waals surface area contributed by atoms with E-state index in [4.69, 9.17) is 4.74 Å². The second-order valence-electron chi connectivity index (χ2n) is 3.34. The fraction of sp³-hybridized carbons (Fsp3) is 0.875. The van der Waals surface area contributed by atoms with E-state index in [0.29, 0.717) is 0 Å². The van der Waals surface area contributed by atoms with Crippen LogP contribution in [0.25, 0.3) is 0 Å². The Morgan fingerprint density at radius 2 is 1.67 bits per heavy atom. The summed E-state index contributed by atoms with van der Waals surface area (Å²) in [4.78, 5) is 11.4. The number of carbonyl (C=O) groups is 1. The summed E-state index contributed by atoms with van der Waals surface area (Å²) in [5.41, 5.74) is -0.374. The van der Waals surface area contributed by atoms with Crippen molar-refractivity contribution in [2.75, 3.05) is 12.5 Å². The highest BCUT2D eigenvalue weighted by Gasteiger charge is 2.23. The number of esters is 1. The van der Waals surface area contributed by atoms with E-state index in [9.17, 15) is 4.79 Å². The van der Waals surface area contributed by atoms with E-state index in [1.165, 1.54) is 23.5 Å². The van der Waals surface area contributed by atoms with Crippen molar-refractivity contribution in [3.05, 3.63) is 0 Å². The summed E-state index contributed by atoms with van der Waals surface area (Å²) in [6.07, 6.45) is 3.82. The summed E-state index contributed by atoms with van der Waals surface area (Å²) < 4.78 is 5.11. The summed E-state index contributed by atoms with van der Waals surface area (Å²) in [5, 5.41) is 0. The van der Waals surface area contributed by atoms with Crippen LogP contribution in [0.5, 0.6) is 0 Å². The minimum Gasteiger partial charge on any atom is -0.459 e. The van der Waals surface area contributed by atoms with Gasteiger partial charge in [-0.15, -0.1) is 23.5 Å². The van der Waals surface area contributed by atoms with Crippen molar-refractivity contribution >= 4 is 29.5 Å². The van der Waals surface area contributed by atoms with Gasteiger partial charge >= 0.3 is 5.97 Å². The number of carbonyl (C=O) groups excluding carboxylic acids is 1. The fourth-order valence-corrected chi connectivity index (χ4v) is 1.89. The Bertz CT molecular complexity index is 148. The Balaban J connectivity index is 4.02. The zero-order valence-electron chi connectivity index (χ0n) is 8.21. The minimum absolute atomic E-state index is 0.0933. The van der Waals surface area contributed by atoms with Gasteiger partial charge in [-0.05, 0) is 33.3 Å². The first-order valence-electron chi connectivity index (χ1n) is 3.69. The van der Waals surface area contributed by atoms with Crippen LogP contribution in [-0.4, -0.2) is 28.7 Å². The molecule has 0 aliphatic carbocycles. The van der Waals surface area contributed by atoms with Crippen LogP contribution in [-0.2, 0) is 9.53 Å². The van der Waals surface area contributed by atoms with Gasteiger partial charge in [0, 0.05) is 0 Å². The number of hydrogen-bond acceptors (Lipinski definition) is 4. The highest BCUT2D eigenvalue weighted by Crippen LogP contribution is 2.22. The molecule has 0 aliphatic heterocycles. The molecular formula is C8H16O2S2. The van der Waals surface area contributed by atoms with Crippen molar-refractivity contribution in [2.45, 2.75) is 31.0 Å². The molecule has 0 saturated heterocycles. The van der Waals surface area contributed by atoms with Crippen LogP contribution in [0, 0.1) is 0 Å². The van der Waals surface area contributed by atoms with Crippen molar-refractivity contribution < 1.29 is 9.53 Å². The monoisotopic (exact) mass is 208 g/mol. The molecular weight excluding hydrogens is 192 g/mol. The van der Waals surface area contributed by atoms with Gasteiger partial charge in [0.05, 0.1) is 0 Å². The molecule has 0 atom stereocenters. The molecule has 0 aromatic carbocycles. The first kappa shape index (κ1) is 12.2. The van der Waals surface area contributed by atoms with Crippen LogP contribution < -0.4 is 0 Å². The fourth-order valence-electron chi connectivity index (χ4n) is 0.639. The van der Waals surface area contributed by atoms with Gasteiger partial charge in [-0.1, -0.05) is 0 Å². The SMILES string of the molecule is CSC(SC)C(=O)OC(C)(C)C. The van der Waals surface area contributed by atoms with Crippen LogP contribution in [0.4, 0.5) is 0 Å². The van der Waals surface area contributed by atoms with Crippen LogP contribution in [0.15, 0.2) is 0 Å². The van der Waals surface area contributed by atoms with Crippen LogP contribution in [0.2, 0.25) is 0 Å². The van der Waals surface area contributed by atoms with E-state index in [-0.39, 0.29) is 16.2 Å². The van der Waals surface area contributed by atoms with E-state index >= 15 is 0 Å². The Morgan fingerprint density at radius 3 is 1.92 bits per heavy atom. The smallest absolute Gasteiger partial charge is 0.329 e. The van der Waals surface area contributed by atoms with E-state index in [1.54, 1.807) is 0 Å². The van der Waals surface area contributed by atoms with Crippen LogP contribution in [0.1, 0.15) is 20.8 Å². The second kappa shape index (κ2) is 5.02. The van der Waals surface area contributed by atoms with Gasteiger partial charge in [0.2, 0.25) is 0 Å². The summed E-state index contributed by atoms with van der Waals surface area (Å²) in [7, 11) is 0. The predicted molar refractivity (Wildman–Crippen MR) is 56.7 cm³/mol. The van der Waals surface area contributed by atoms with Crippen molar-refractivity contribution in [1.82, 2.24) is 0 Å². The average molecular weight is 208 g/mol. The highest BCUT2D eigenvalue weighted by atomic mass is 32.2. The lowest BCUT2D eigenvalue weighted by molar-refractivity contribution is -0.152. The zero-order valence-corrected chi connectivity index (χ0v) is 9.84.